The quantitative estimate of drug-likeness (QED) is 0.839. The van der Waals surface area contributed by atoms with Gasteiger partial charge in [-0.15, -0.1) is 11.3 Å². The first-order valence-electron chi connectivity index (χ1n) is 7.59. The number of thiazole rings is 1. The second kappa shape index (κ2) is 6.97. The molecule has 3 rings (SSSR count). The number of carboxylic acids is 1. The number of fused-ring (bicyclic) bond motifs is 1. The Bertz CT molecular complexity index is 746. The van der Waals surface area contributed by atoms with Gasteiger partial charge in [-0.2, -0.15) is 0 Å². The van der Waals surface area contributed by atoms with Crippen LogP contribution in [0, 0.1) is 0 Å². The number of nitrogens with zero attached hydrogens (tertiary/aromatic N) is 2. The molecule has 1 fully saturated rings. The summed E-state index contributed by atoms with van der Waals surface area (Å²) in [5.74, 6) is -0.805. The highest BCUT2D eigenvalue weighted by molar-refractivity contribution is 9.10. The Morgan fingerprint density at radius 1 is 1.43 bits per heavy atom. The van der Waals surface area contributed by atoms with Crippen molar-refractivity contribution in [2.75, 3.05) is 6.54 Å². The molecule has 0 spiro atoms. The largest absolute Gasteiger partial charge is 0.481 e. The second-order valence-corrected chi connectivity index (χ2v) is 7.73. The molecule has 0 saturated carbocycles. The lowest BCUT2D eigenvalue weighted by atomic mass is 10.1. The summed E-state index contributed by atoms with van der Waals surface area (Å²) in [5.41, 5.74) is 0.941. The number of carboxylic acid groups (broad SMARTS) is 1. The van der Waals surface area contributed by atoms with E-state index in [1.54, 1.807) is 16.2 Å². The number of aromatic nitrogens is 1. The third kappa shape index (κ3) is 3.90. The molecular formula is C16H17BrN2O3S. The van der Waals surface area contributed by atoms with E-state index in [1.165, 1.54) is 0 Å². The van der Waals surface area contributed by atoms with Gasteiger partial charge in [-0.3, -0.25) is 9.59 Å². The number of carbonyl (C=O) groups is 2. The summed E-state index contributed by atoms with van der Waals surface area (Å²) in [7, 11) is 0. The molecule has 1 aromatic heterocycles. The minimum Gasteiger partial charge on any atom is -0.481 e. The summed E-state index contributed by atoms with van der Waals surface area (Å²) < 4.78 is 2.10. The molecule has 1 N–H and O–H groups in total. The highest BCUT2D eigenvalue weighted by Gasteiger charge is 2.30. The predicted octanol–water partition coefficient (Wildman–Crippen LogP) is 3.46. The van der Waals surface area contributed by atoms with Gasteiger partial charge in [0.25, 0.3) is 0 Å². The van der Waals surface area contributed by atoms with Crippen molar-refractivity contribution in [1.29, 1.82) is 0 Å². The zero-order chi connectivity index (χ0) is 16.4. The number of carbonyl (C=O) groups excluding carboxylic acids is 1. The fourth-order valence-electron chi connectivity index (χ4n) is 2.99. The van der Waals surface area contributed by atoms with Crippen molar-refractivity contribution >= 4 is 49.4 Å². The van der Waals surface area contributed by atoms with Crippen molar-refractivity contribution < 1.29 is 14.7 Å². The number of likely N-dealkylation sites (tertiary alicyclic amines) is 1. The topological polar surface area (TPSA) is 70.5 Å². The van der Waals surface area contributed by atoms with E-state index in [9.17, 15) is 9.59 Å². The fourth-order valence-corrected chi connectivity index (χ4v) is 4.29. The van der Waals surface area contributed by atoms with Gasteiger partial charge in [-0.1, -0.05) is 15.9 Å². The molecule has 7 heteroatoms. The van der Waals surface area contributed by atoms with Gasteiger partial charge in [0.1, 0.15) is 0 Å². The summed E-state index contributed by atoms with van der Waals surface area (Å²) in [6.07, 6.45) is 2.70. The lowest BCUT2D eigenvalue weighted by Crippen LogP contribution is -2.36. The third-order valence-electron chi connectivity index (χ3n) is 4.05. The van der Waals surface area contributed by atoms with Gasteiger partial charge in [-0.05, 0) is 31.0 Å². The molecule has 23 heavy (non-hydrogen) atoms. The molecule has 122 valence electrons. The first kappa shape index (κ1) is 16.4. The molecule has 1 amide bonds. The number of hydrogen-bond donors (Lipinski definition) is 1. The van der Waals surface area contributed by atoms with E-state index in [-0.39, 0.29) is 18.4 Å². The summed E-state index contributed by atoms with van der Waals surface area (Å²) in [4.78, 5) is 29.6. The molecule has 1 saturated heterocycles. The summed E-state index contributed by atoms with van der Waals surface area (Å²) in [6, 6.07) is 5.83. The zero-order valence-corrected chi connectivity index (χ0v) is 14.9. The van der Waals surface area contributed by atoms with Crippen LogP contribution in [0.3, 0.4) is 0 Å². The minimum atomic E-state index is -0.841. The Morgan fingerprint density at radius 3 is 3.04 bits per heavy atom. The summed E-state index contributed by atoms with van der Waals surface area (Å²) in [6.45, 7) is 0.670. The Labute approximate surface area is 146 Å². The van der Waals surface area contributed by atoms with Crippen LogP contribution in [0.1, 0.15) is 30.7 Å². The molecule has 1 unspecified atom stereocenters. The minimum absolute atomic E-state index is 0.0363. The number of amides is 1. The Morgan fingerprint density at radius 2 is 2.26 bits per heavy atom. The van der Waals surface area contributed by atoms with Crippen molar-refractivity contribution in [3.8, 4) is 0 Å². The maximum absolute atomic E-state index is 12.4. The first-order chi connectivity index (χ1) is 11.0. The maximum Gasteiger partial charge on any atom is 0.305 e. The highest BCUT2D eigenvalue weighted by Crippen LogP contribution is 2.27. The number of halogens is 1. The van der Waals surface area contributed by atoms with Gasteiger partial charge in [-0.25, -0.2) is 4.98 Å². The van der Waals surface area contributed by atoms with Crippen LogP contribution in [0.15, 0.2) is 22.7 Å². The van der Waals surface area contributed by atoms with Gasteiger partial charge in [0, 0.05) is 29.9 Å². The van der Waals surface area contributed by atoms with Gasteiger partial charge in [0.2, 0.25) is 5.91 Å². The molecule has 1 aromatic carbocycles. The number of aliphatic carboxylic acids is 1. The van der Waals surface area contributed by atoms with E-state index in [0.717, 1.165) is 32.5 Å². The normalized spacial score (nSPS) is 17.8. The van der Waals surface area contributed by atoms with E-state index in [0.29, 0.717) is 19.4 Å². The average Bonchev–Trinajstić information content (AvgIpc) is 3.10. The van der Waals surface area contributed by atoms with Crippen LogP contribution < -0.4 is 0 Å². The van der Waals surface area contributed by atoms with Crippen molar-refractivity contribution in [3.05, 3.63) is 27.7 Å². The lowest BCUT2D eigenvalue weighted by Gasteiger charge is -2.23. The van der Waals surface area contributed by atoms with Crippen LogP contribution in [0.25, 0.3) is 10.2 Å². The van der Waals surface area contributed by atoms with Crippen molar-refractivity contribution in [2.45, 2.75) is 38.1 Å². The second-order valence-electron chi connectivity index (χ2n) is 5.70. The summed E-state index contributed by atoms with van der Waals surface area (Å²) in [5, 5.41) is 9.88. The number of benzene rings is 1. The van der Waals surface area contributed by atoms with Crippen molar-refractivity contribution in [3.63, 3.8) is 0 Å². The number of aryl methyl sites for hydroxylation is 1. The molecule has 5 nitrogen and oxygen atoms in total. The maximum atomic E-state index is 12.4. The lowest BCUT2D eigenvalue weighted by molar-refractivity contribution is -0.139. The summed E-state index contributed by atoms with van der Waals surface area (Å²) >= 11 is 5.04. The van der Waals surface area contributed by atoms with Gasteiger partial charge in [0.15, 0.2) is 0 Å². The molecule has 0 radical (unpaired) electrons. The Balaban J connectivity index is 1.62. The molecular weight excluding hydrogens is 380 g/mol. The standard InChI is InChI=1S/C16H17BrN2O3S/c17-10-3-4-13-12(8-10)18-14(23-13)5-6-15(20)19-7-1-2-11(19)9-16(21)22/h3-4,8,11H,1-2,5-7,9H2,(H,21,22). The van der Waals surface area contributed by atoms with Crippen LogP contribution in [-0.4, -0.2) is 39.5 Å². The number of rotatable bonds is 5. The molecule has 1 aliphatic rings. The van der Waals surface area contributed by atoms with Gasteiger partial charge in [0.05, 0.1) is 21.6 Å². The van der Waals surface area contributed by atoms with Crippen LogP contribution in [-0.2, 0) is 16.0 Å². The molecule has 1 aliphatic heterocycles. The Hall–Kier alpha value is -1.47. The van der Waals surface area contributed by atoms with Crippen LogP contribution in [0.5, 0.6) is 0 Å². The SMILES string of the molecule is O=C(O)CC1CCCN1C(=O)CCc1nc2cc(Br)ccc2s1. The van der Waals surface area contributed by atoms with Crippen LogP contribution in [0.4, 0.5) is 0 Å². The van der Waals surface area contributed by atoms with E-state index in [1.807, 2.05) is 18.2 Å². The number of hydrogen-bond acceptors (Lipinski definition) is 4. The van der Waals surface area contributed by atoms with E-state index >= 15 is 0 Å². The molecule has 2 heterocycles. The fraction of sp³-hybridized carbons (Fsp3) is 0.438. The van der Waals surface area contributed by atoms with E-state index in [4.69, 9.17) is 5.11 Å². The van der Waals surface area contributed by atoms with Crippen molar-refractivity contribution in [2.24, 2.45) is 0 Å². The third-order valence-corrected chi connectivity index (χ3v) is 5.64. The van der Waals surface area contributed by atoms with Gasteiger partial charge < -0.3 is 10.0 Å². The van der Waals surface area contributed by atoms with E-state index in [2.05, 4.69) is 20.9 Å². The molecule has 2 aromatic rings. The first-order valence-corrected chi connectivity index (χ1v) is 9.20. The molecule has 1 atom stereocenters. The molecule has 0 aliphatic carbocycles. The van der Waals surface area contributed by atoms with E-state index < -0.39 is 5.97 Å². The average molecular weight is 397 g/mol. The smallest absolute Gasteiger partial charge is 0.305 e. The predicted molar refractivity (Wildman–Crippen MR) is 92.6 cm³/mol. The monoisotopic (exact) mass is 396 g/mol. The highest BCUT2D eigenvalue weighted by atomic mass is 79.9. The van der Waals surface area contributed by atoms with Gasteiger partial charge >= 0.3 is 5.97 Å². The van der Waals surface area contributed by atoms with Crippen molar-refractivity contribution in [1.82, 2.24) is 9.88 Å². The Kier molecular flexibility index (Phi) is 4.96. The van der Waals surface area contributed by atoms with Crippen LogP contribution >= 0.6 is 27.3 Å². The zero-order valence-electron chi connectivity index (χ0n) is 12.5. The molecule has 0 bridgehead atoms. The van der Waals surface area contributed by atoms with Crippen LogP contribution in [0.2, 0.25) is 0 Å².